The van der Waals surface area contributed by atoms with Gasteiger partial charge in [-0.15, -0.1) is 0 Å². The lowest BCUT2D eigenvalue weighted by Gasteiger charge is -2.36. The van der Waals surface area contributed by atoms with E-state index in [1.807, 2.05) is 24.3 Å². The number of carbonyl (C=O) groups is 1. The van der Waals surface area contributed by atoms with Crippen molar-refractivity contribution in [3.63, 3.8) is 0 Å². The molecule has 2 aliphatic heterocycles. The molecule has 0 aliphatic carbocycles. The van der Waals surface area contributed by atoms with Crippen LogP contribution in [0.3, 0.4) is 0 Å². The van der Waals surface area contributed by atoms with Gasteiger partial charge in [0.1, 0.15) is 5.82 Å². The number of benzene rings is 1. The topological polar surface area (TPSA) is 84.3 Å². The van der Waals surface area contributed by atoms with E-state index in [1.54, 1.807) is 18.5 Å². The Balaban J connectivity index is 1.61. The van der Waals surface area contributed by atoms with E-state index in [-0.39, 0.29) is 10.9 Å². The van der Waals surface area contributed by atoms with Gasteiger partial charge in [0.15, 0.2) is 5.03 Å². The van der Waals surface area contributed by atoms with Crippen LogP contribution in [0.4, 0.5) is 5.69 Å². The summed E-state index contributed by atoms with van der Waals surface area (Å²) in [6.45, 7) is 2.38. The zero-order valence-electron chi connectivity index (χ0n) is 14.2. The summed E-state index contributed by atoms with van der Waals surface area (Å²) in [6.07, 6.45) is 2.48. The van der Waals surface area contributed by atoms with E-state index in [0.717, 1.165) is 11.3 Å². The first kappa shape index (κ1) is 16.3. The predicted molar refractivity (Wildman–Crippen MR) is 92.7 cm³/mol. The van der Waals surface area contributed by atoms with Crippen molar-refractivity contribution in [2.75, 3.05) is 18.4 Å². The first-order valence-electron chi connectivity index (χ1n) is 8.26. The molecule has 7 nitrogen and oxygen atoms in total. The maximum Gasteiger partial charge on any atom is 0.262 e. The number of aryl methyl sites for hydroxylation is 2. The highest BCUT2D eigenvalue weighted by Crippen LogP contribution is 2.45. The van der Waals surface area contributed by atoms with Crippen molar-refractivity contribution >= 4 is 21.6 Å². The maximum absolute atomic E-state index is 12.8. The number of hydrogen-bond donors (Lipinski definition) is 1. The van der Waals surface area contributed by atoms with Crippen LogP contribution in [0.15, 0.2) is 35.5 Å². The van der Waals surface area contributed by atoms with Gasteiger partial charge < -0.3 is 9.88 Å². The summed E-state index contributed by atoms with van der Waals surface area (Å²) in [4.78, 5) is 16.7. The van der Waals surface area contributed by atoms with Crippen LogP contribution in [0.2, 0.25) is 0 Å². The number of rotatable bonds is 2. The molecule has 2 aliphatic rings. The molecule has 0 unspecified atom stereocenters. The second-order valence-corrected chi connectivity index (χ2v) is 8.61. The van der Waals surface area contributed by atoms with Crippen molar-refractivity contribution < 1.29 is 13.2 Å². The summed E-state index contributed by atoms with van der Waals surface area (Å²) in [5, 5.41) is 3.00. The highest BCUT2D eigenvalue weighted by molar-refractivity contribution is 7.89. The first-order chi connectivity index (χ1) is 11.8. The number of aromatic nitrogens is 2. The van der Waals surface area contributed by atoms with Gasteiger partial charge in [0.05, 0.1) is 5.41 Å². The fourth-order valence-electron chi connectivity index (χ4n) is 3.76. The monoisotopic (exact) mass is 360 g/mol. The van der Waals surface area contributed by atoms with E-state index in [9.17, 15) is 13.2 Å². The van der Waals surface area contributed by atoms with Crippen molar-refractivity contribution in [1.82, 2.24) is 13.9 Å². The molecule has 8 heteroatoms. The fourth-order valence-corrected chi connectivity index (χ4v) is 5.23. The highest BCUT2D eigenvalue weighted by Gasteiger charge is 2.49. The second kappa shape index (κ2) is 5.40. The molecule has 2 aromatic rings. The van der Waals surface area contributed by atoms with Crippen molar-refractivity contribution in [2.45, 2.75) is 30.2 Å². The lowest BCUT2D eigenvalue weighted by Crippen LogP contribution is -2.48. The Kier molecular flexibility index (Phi) is 3.52. The number of fused-ring (bicyclic) bond motifs is 2. The lowest BCUT2D eigenvalue weighted by molar-refractivity contribution is -0.122. The van der Waals surface area contributed by atoms with Gasteiger partial charge in [-0.2, -0.15) is 4.31 Å². The van der Waals surface area contributed by atoms with E-state index in [2.05, 4.69) is 10.3 Å². The Labute approximate surface area is 146 Å². The second-order valence-electron chi connectivity index (χ2n) is 6.72. The van der Waals surface area contributed by atoms with E-state index in [4.69, 9.17) is 0 Å². The molecule has 25 heavy (non-hydrogen) atoms. The molecule has 0 saturated carbocycles. The number of para-hydroxylation sites is 1. The van der Waals surface area contributed by atoms with Crippen LogP contribution >= 0.6 is 0 Å². The summed E-state index contributed by atoms with van der Waals surface area (Å²) in [5.41, 5.74) is 1.19. The van der Waals surface area contributed by atoms with Crippen molar-refractivity contribution in [2.24, 2.45) is 7.05 Å². The zero-order valence-corrected chi connectivity index (χ0v) is 15.0. The van der Waals surface area contributed by atoms with Crippen LogP contribution in [0.5, 0.6) is 0 Å². The summed E-state index contributed by atoms with van der Waals surface area (Å²) >= 11 is 0. The molecule has 1 aromatic heterocycles. The number of nitrogens with zero attached hydrogens (tertiary/aromatic N) is 3. The number of anilines is 1. The molecule has 0 bridgehead atoms. The van der Waals surface area contributed by atoms with Gasteiger partial charge in [0, 0.05) is 32.0 Å². The Bertz CT molecular complexity index is 937. The molecule has 0 atom stereocenters. The van der Waals surface area contributed by atoms with Crippen LogP contribution in [0.25, 0.3) is 0 Å². The third-order valence-corrected chi connectivity index (χ3v) is 7.16. The summed E-state index contributed by atoms with van der Waals surface area (Å²) in [6, 6.07) is 7.66. The number of nitrogens with one attached hydrogen (secondary N) is 1. The van der Waals surface area contributed by atoms with Gasteiger partial charge in [-0.1, -0.05) is 18.2 Å². The third kappa shape index (κ3) is 2.31. The summed E-state index contributed by atoms with van der Waals surface area (Å²) in [7, 11) is -1.86. The smallest absolute Gasteiger partial charge is 0.262 e. The number of piperidine rings is 1. The number of imidazole rings is 1. The third-order valence-electron chi connectivity index (χ3n) is 5.39. The number of hydrogen-bond acceptors (Lipinski definition) is 4. The zero-order chi connectivity index (χ0) is 17.8. The summed E-state index contributed by atoms with van der Waals surface area (Å²) < 4.78 is 28.8. The van der Waals surface area contributed by atoms with Gasteiger partial charge >= 0.3 is 0 Å². The Morgan fingerprint density at radius 3 is 2.52 bits per heavy atom. The molecule has 1 amide bonds. The SMILES string of the molecule is Cc1nc(S(=O)(=O)N2CCC3(CC2)C(=O)Nc2ccccc23)cn1C. The molecule has 1 aromatic carbocycles. The van der Waals surface area contributed by atoms with E-state index < -0.39 is 15.4 Å². The molecular formula is C17H20N4O3S. The minimum absolute atomic E-state index is 0.0283. The van der Waals surface area contributed by atoms with Gasteiger partial charge in [0.2, 0.25) is 5.91 Å². The quantitative estimate of drug-likeness (QED) is 0.877. The molecule has 132 valence electrons. The molecule has 3 heterocycles. The average Bonchev–Trinajstić information content (AvgIpc) is 3.07. The van der Waals surface area contributed by atoms with Gasteiger partial charge in [-0.05, 0) is 31.4 Å². The Morgan fingerprint density at radius 1 is 1.20 bits per heavy atom. The predicted octanol–water partition coefficient (Wildman–Crippen LogP) is 1.40. The van der Waals surface area contributed by atoms with Crippen molar-refractivity contribution in [1.29, 1.82) is 0 Å². The van der Waals surface area contributed by atoms with Crippen LogP contribution in [-0.4, -0.2) is 41.3 Å². The molecule has 4 rings (SSSR count). The van der Waals surface area contributed by atoms with E-state index in [1.165, 1.54) is 10.5 Å². The molecule has 1 fully saturated rings. The molecule has 1 saturated heterocycles. The molecule has 1 spiro atoms. The first-order valence-corrected chi connectivity index (χ1v) is 9.70. The lowest BCUT2D eigenvalue weighted by atomic mass is 9.74. The van der Waals surface area contributed by atoms with Gasteiger partial charge in [-0.3, -0.25) is 4.79 Å². The fraction of sp³-hybridized carbons (Fsp3) is 0.412. The molecule has 1 N–H and O–H groups in total. The van der Waals surface area contributed by atoms with Crippen LogP contribution < -0.4 is 5.32 Å². The molecular weight excluding hydrogens is 340 g/mol. The van der Waals surface area contributed by atoms with Gasteiger partial charge in [-0.25, -0.2) is 13.4 Å². The molecule has 0 radical (unpaired) electrons. The van der Waals surface area contributed by atoms with Crippen LogP contribution in [0, 0.1) is 6.92 Å². The minimum Gasteiger partial charge on any atom is -0.337 e. The normalized spacial score (nSPS) is 19.8. The van der Waals surface area contributed by atoms with Crippen LogP contribution in [0.1, 0.15) is 24.2 Å². The van der Waals surface area contributed by atoms with Crippen molar-refractivity contribution in [3.8, 4) is 0 Å². The Hall–Kier alpha value is -2.19. The largest absolute Gasteiger partial charge is 0.337 e. The standard InChI is InChI=1S/C17H20N4O3S/c1-12-18-15(11-20(12)2)25(23,24)21-9-7-17(8-10-21)13-5-3-4-6-14(13)19-16(17)22/h3-6,11H,7-10H2,1-2H3,(H,19,22). The van der Waals surface area contributed by atoms with Gasteiger partial charge in [0.25, 0.3) is 10.0 Å². The number of amides is 1. The number of carbonyl (C=O) groups excluding carboxylic acids is 1. The average molecular weight is 360 g/mol. The van der Waals surface area contributed by atoms with Crippen molar-refractivity contribution in [3.05, 3.63) is 41.9 Å². The summed E-state index contributed by atoms with van der Waals surface area (Å²) in [5.74, 6) is 0.621. The minimum atomic E-state index is -3.64. The maximum atomic E-state index is 12.8. The number of sulfonamides is 1. The van der Waals surface area contributed by atoms with E-state index in [0.29, 0.717) is 31.8 Å². The van der Waals surface area contributed by atoms with E-state index >= 15 is 0 Å². The highest BCUT2D eigenvalue weighted by atomic mass is 32.2. The van der Waals surface area contributed by atoms with Crippen LogP contribution in [-0.2, 0) is 27.3 Å². The Morgan fingerprint density at radius 2 is 1.88 bits per heavy atom.